The maximum atomic E-state index is 14.0. The van der Waals surface area contributed by atoms with Crippen LogP contribution in [0.15, 0.2) is 89.1 Å². The summed E-state index contributed by atoms with van der Waals surface area (Å²) in [5.74, 6) is -0.156. The number of hydrogen-bond donors (Lipinski definition) is 1. The maximum absolute atomic E-state index is 14.0. The number of ether oxygens (including phenoxy) is 1. The molecule has 0 aliphatic carbocycles. The molecule has 0 saturated carbocycles. The van der Waals surface area contributed by atoms with Crippen LogP contribution in [0.25, 0.3) is 10.1 Å². The van der Waals surface area contributed by atoms with Crippen molar-refractivity contribution >= 4 is 43.3 Å². The first-order valence-corrected chi connectivity index (χ1v) is 17.5. The molecule has 1 amide bonds. The van der Waals surface area contributed by atoms with Gasteiger partial charge in [0.1, 0.15) is 6.04 Å². The number of likely N-dealkylation sites (tertiary alicyclic amines) is 1. The summed E-state index contributed by atoms with van der Waals surface area (Å²) in [5, 5.41) is 3.05. The lowest BCUT2D eigenvalue weighted by atomic mass is 9.78. The molecule has 9 heteroatoms. The fourth-order valence-corrected chi connectivity index (χ4v) is 8.16. The summed E-state index contributed by atoms with van der Waals surface area (Å²) in [4.78, 5) is 27.1. The van der Waals surface area contributed by atoms with Crippen LogP contribution >= 0.6 is 11.3 Å². The van der Waals surface area contributed by atoms with Crippen molar-refractivity contribution in [2.45, 2.75) is 62.8 Å². The lowest BCUT2D eigenvalue weighted by Crippen LogP contribution is -2.51. The number of carbonyl (C=O) groups is 2. The van der Waals surface area contributed by atoms with Gasteiger partial charge in [-0.2, -0.15) is 4.72 Å². The zero-order valence-electron chi connectivity index (χ0n) is 25.5. The molecule has 4 aromatic rings. The molecule has 1 aliphatic rings. The smallest absolute Gasteiger partial charge is 0.302 e. The molecule has 1 aromatic heterocycles. The molecule has 0 spiro atoms. The number of carbonyl (C=O) groups excluding carboxylic acids is 2. The minimum atomic E-state index is -4.04. The minimum Gasteiger partial charge on any atom is -0.466 e. The largest absolute Gasteiger partial charge is 0.466 e. The predicted octanol–water partition coefficient (Wildman–Crippen LogP) is 6.31. The number of rotatable bonds is 11. The van der Waals surface area contributed by atoms with Crippen LogP contribution < -0.4 is 4.72 Å². The second-order valence-electron chi connectivity index (χ2n) is 12.1. The van der Waals surface area contributed by atoms with Crippen molar-refractivity contribution in [3.63, 3.8) is 0 Å². The van der Waals surface area contributed by atoms with Gasteiger partial charge in [0.25, 0.3) is 0 Å². The number of nitrogens with one attached hydrogen (secondary N) is 1. The number of benzene rings is 3. The normalized spacial score (nSPS) is 15.3. The van der Waals surface area contributed by atoms with Crippen LogP contribution in [0.4, 0.5) is 0 Å². The van der Waals surface area contributed by atoms with Crippen molar-refractivity contribution in [1.82, 2.24) is 9.62 Å². The Bertz CT molecular complexity index is 1710. The first-order chi connectivity index (χ1) is 21.0. The van der Waals surface area contributed by atoms with Gasteiger partial charge in [0.15, 0.2) is 0 Å². The van der Waals surface area contributed by atoms with Gasteiger partial charge in [0, 0.05) is 30.1 Å². The summed E-state index contributed by atoms with van der Waals surface area (Å²) in [6.45, 7) is 7.00. The second kappa shape index (κ2) is 13.6. The fourth-order valence-electron chi connectivity index (χ4n) is 5.95. The van der Waals surface area contributed by atoms with E-state index < -0.39 is 21.5 Å². The van der Waals surface area contributed by atoms with Gasteiger partial charge in [-0.1, -0.05) is 74.5 Å². The van der Waals surface area contributed by atoms with Crippen molar-refractivity contribution in [3.8, 4) is 0 Å². The standard InChI is InChI=1S/C35H40N2O5S2/c1-25(38)42-21-18-26-16-19-37(20-17-26)34(39)32(22-27-24-43-33-15-8-7-14-31(27)33)36-44(40,41)30-13-9-12-29(23-30)35(2,3)28-10-5-4-6-11-28/h4-15,23-24,26,32,36H,16-22H2,1-3H3. The molecule has 0 radical (unpaired) electrons. The van der Waals surface area contributed by atoms with Crippen molar-refractivity contribution < 1.29 is 22.7 Å². The third-order valence-corrected chi connectivity index (χ3v) is 11.2. The number of thiophene rings is 1. The Kier molecular flexibility index (Phi) is 9.87. The van der Waals surface area contributed by atoms with E-state index >= 15 is 0 Å². The summed E-state index contributed by atoms with van der Waals surface area (Å²) in [6, 6.07) is 24.0. The Morgan fingerprint density at radius 3 is 2.39 bits per heavy atom. The van der Waals surface area contributed by atoms with Gasteiger partial charge in [-0.25, -0.2) is 8.42 Å². The zero-order valence-corrected chi connectivity index (χ0v) is 27.1. The van der Waals surface area contributed by atoms with Crippen LogP contribution in [0.3, 0.4) is 0 Å². The number of nitrogens with zero attached hydrogens (tertiary/aromatic N) is 1. The second-order valence-corrected chi connectivity index (χ2v) is 14.7. The minimum absolute atomic E-state index is 0.135. The topological polar surface area (TPSA) is 92.8 Å². The Labute approximate surface area is 264 Å². The van der Waals surface area contributed by atoms with E-state index in [0.717, 1.165) is 46.0 Å². The highest BCUT2D eigenvalue weighted by molar-refractivity contribution is 7.89. The summed E-state index contributed by atoms with van der Waals surface area (Å²) in [7, 11) is -4.04. The Morgan fingerprint density at radius 2 is 1.66 bits per heavy atom. The quantitative estimate of drug-likeness (QED) is 0.196. The van der Waals surface area contributed by atoms with Crippen molar-refractivity contribution in [3.05, 3.63) is 101 Å². The average Bonchev–Trinajstić information content (AvgIpc) is 3.43. The van der Waals surface area contributed by atoms with Gasteiger partial charge in [-0.15, -0.1) is 11.3 Å². The first kappa shape index (κ1) is 31.9. The van der Waals surface area contributed by atoms with Crippen molar-refractivity contribution in [1.29, 1.82) is 0 Å². The monoisotopic (exact) mass is 632 g/mol. The molecule has 44 heavy (non-hydrogen) atoms. The van der Waals surface area contributed by atoms with E-state index in [-0.39, 0.29) is 23.2 Å². The Hall–Kier alpha value is -3.53. The molecule has 1 atom stereocenters. The average molecular weight is 633 g/mol. The van der Waals surface area contributed by atoms with Crippen molar-refractivity contribution in [2.24, 2.45) is 5.92 Å². The highest BCUT2D eigenvalue weighted by Crippen LogP contribution is 2.33. The highest BCUT2D eigenvalue weighted by Gasteiger charge is 2.33. The van der Waals surface area contributed by atoms with E-state index in [1.54, 1.807) is 34.4 Å². The third kappa shape index (κ3) is 7.39. The van der Waals surface area contributed by atoms with Crippen LogP contribution in [-0.2, 0) is 36.2 Å². The zero-order chi connectivity index (χ0) is 31.3. The molecule has 1 unspecified atom stereocenters. The molecule has 5 rings (SSSR count). The van der Waals surface area contributed by atoms with Gasteiger partial charge >= 0.3 is 5.97 Å². The van der Waals surface area contributed by atoms with Gasteiger partial charge in [-0.05, 0) is 77.3 Å². The summed E-state index contributed by atoms with van der Waals surface area (Å²) >= 11 is 1.59. The molecule has 1 N–H and O–H groups in total. The molecule has 0 bridgehead atoms. The van der Waals surface area contributed by atoms with E-state index in [4.69, 9.17) is 4.74 Å². The van der Waals surface area contributed by atoms with E-state index in [1.807, 2.05) is 66.0 Å². The maximum Gasteiger partial charge on any atom is 0.302 e. The van der Waals surface area contributed by atoms with Crippen LogP contribution in [0, 0.1) is 5.92 Å². The molecular weight excluding hydrogens is 593 g/mol. The molecule has 1 fully saturated rings. The fraction of sp³-hybridized carbons (Fsp3) is 0.371. The number of sulfonamides is 1. The van der Waals surface area contributed by atoms with E-state index in [0.29, 0.717) is 25.6 Å². The molecular formula is C35H40N2O5S2. The number of piperidine rings is 1. The number of esters is 1. The molecule has 2 heterocycles. The summed E-state index contributed by atoms with van der Waals surface area (Å²) < 4.78 is 36.9. The molecule has 232 valence electrons. The molecule has 1 saturated heterocycles. The van der Waals surface area contributed by atoms with E-state index in [9.17, 15) is 18.0 Å². The highest BCUT2D eigenvalue weighted by atomic mass is 32.2. The van der Waals surface area contributed by atoms with Crippen molar-refractivity contribution in [2.75, 3.05) is 19.7 Å². The van der Waals surface area contributed by atoms with Crippen LogP contribution in [-0.4, -0.2) is 50.9 Å². The molecule has 7 nitrogen and oxygen atoms in total. The van der Waals surface area contributed by atoms with E-state index in [1.165, 1.54) is 6.92 Å². The van der Waals surface area contributed by atoms with Gasteiger partial charge < -0.3 is 9.64 Å². The SMILES string of the molecule is CC(=O)OCCC1CCN(C(=O)C(Cc2csc3ccccc23)NS(=O)(=O)c2cccc(C(C)(C)c3ccccc3)c2)CC1. The lowest BCUT2D eigenvalue weighted by Gasteiger charge is -2.34. The van der Waals surface area contributed by atoms with Gasteiger partial charge in [0.05, 0.1) is 11.5 Å². The van der Waals surface area contributed by atoms with Crippen LogP contribution in [0.2, 0.25) is 0 Å². The summed E-state index contributed by atoms with van der Waals surface area (Å²) in [6.07, 6.45) is 2.58. The summed E-state index contributed by atoms with van der Waals surface area (Å²) in [5.41, 5.74) is 2.48. The first-order valence-electron chi connectivity index (χ1n) is 15.1. The van der Waals surface area contributed by atoms with E-state index in [2.05, 4.69) is 18.6 Å². The van der Waals surface area contributed by atoms with Crippen LogP contribution in [0.5, 0.6) is 0 Å². The number of hydrogen-bond acceptors (Lipinski definition) is 6. The van der Waals surface area contributed by atoms with Gasteiger partial charge in [-0.3, -0.25) is 9.59 Å². The molecule has 1 aliphatic heterocycles. The molecule has 3 aromatic carbocycles. The Balaban J connectivity index is 1.38. The third-order valence-electron chi connectivity index (χ3n) is 8.70. The number of fused-ring (bicyclic) bond motifs is 1. The number of amides is 1. The predicted molar refractivity (Wildman–Crippen MR) is 175 cm³/mol. The van der Waals surface area contributed by atoms with Gasteiger partial charge in [0.2, 0.25) is 15.9 Å². The van der Waals surface area contributed by atoms with Crippen LogP contribution in [0.1, 0.15) is 56.7 Å². The Morgan fingerprint density at radius 1 is 0.977 bits per heavy atom. The lowest BCUT2D eigenvalue weighted by molar-refractivity contribution is -0.141.